The number of imidazole rings is 1. The zero-order chi connectivity index (χ0) is 18.6. The number of fused-ring (bicyclic) bond motifs is 2. The second-order valence-corrected chi connectivity index (χ2v) is 8.94. The largest absolute Gasteiger partial charge is 0.378 e. The van der Waals surface area contributed by atoms with Gasteiger partial charge in [0.05, 0.1) is 23.6 Å². The van der Waals surface area contributed by atoms with Gasteiger partial charge in [-0.2, -0.15) is 0 Å². The van der Waals surface area contributed by atoms with Gasteiger partial charge in [-0.3, -0.25) is 9.59 Å². The highest BCUT2D eigenvalue weighted by Gasteiger charge is 2.54. The number of aromatic nitrogens is 2. The summed E-state index contributed by atoms with van der Waals surface area (Å²) in [7, 11) is 1.70. The van der Waals surface area contributed by atoms with Crippen molar-refractivity contribution in [3.05, 3.63) is 18.2 Å². The molecule has 146 valence electrons. The number of rotatable bonds is 5. The van der Waals surface area contributed by atoms with Crippen LogP contribution in [0.2, 0.25) is 0 Å². The van der Waals surface area contributed by atoms with Gasteiger partial charge in [0.25, 0.3) is 0 Å². The van der Waals surface area contributed by atoms with Crippen molar-refractivity contribution in [2.75, 3.05) is 20.2 Å². The number of carbonyl (C=O) groups excluding carboxylic acids is 2. The molecule has 0 radical (unpaired) electrons. The average molecular weight is 372 g/mol. The maximum Gasteiger partial charge on any atom is 0.225 e. The summed E-state index contributed by atoms with van der Waals surface area (Å²) in [5.74, 6) is 1.51. The van der Waals surface area contributed by atoms with E-state index in [9.17, 15) is 9.59 Å². The van der Waals surface area contributed by atoms with Gasteiger partial charge in [0, 0.05) is 44.9 Å². The Morgan fingerprint density at radius 1 is 1.30 bits per heavy atom. The lowest BCUT2D eigenvalue weighted by Gasteiger charge is -2.50. The van der Waals surface area contributed by atoms with Crippen LogP contribution in [0, 0.1) is 5.92 Å². The van der Waals surface area contributed by atoms with Crippen LogP contribution in [-0.4, -0.2) is 52.1 Å². The van der Waals surface area contributed by atoms with Crippen molar-refractivity contribution < 1.29 is 14.3 Å². The Kier molecular flexibility index (Phi) is 3.86. The Labute approximate surface area is 159 Å². The third kappa shape index (κ3) is 2.62. The number of carbonyl (C=O) groups is 2. The molecule has 1 unspecified atom stereocenters. The van der Waals surface area contributed by atoms with Crippen LogP contribution in [0.25, 0.3) is 0 Å². The number of nitrogens with one attached hydrogen (secondary N) is 1. The Morgan fingerprint density at radius 3 is 2.67 bits per heavy atom. The Balaban J connectivity index is 1.24. The van der Waals surface area contributed by atoms with Crippen molar-refractivity contribution in [2.24, 2.45) is 5.92 Å². The van der Waals surface area contributed by atoms with Crippen LogP contribution in [0.4, 0.5) is 0 Å². The summed E-state index contributed by atoms with van der Waals surface area (Å²) in [6.45, 7) is 1.47. The first kappa shape index (κ1) is 17.2. The van der Waals surface area contributed by atoms with Crippen LogP contribution in [0.3, 0.4) is 0 Å². The molecular weight excluding hydrogens is 344 g/mol. The van der Waals surface area contributed by atoms with Crippen molar-refractivity contribution in [1.29, 1.82) is 0 Å². The summed E-state index contributed by atoms with van der Waals surface area (Å²) in [5, 5.41) is 3.19. The first-order chi connectivity index (χ1) is 13.0. The van der Waals surface area contributed by atoms with E-state index >= 15 is 0 Å². The number of ether oxygens (including phenoxy) is 1. The number of hydrogen-bond acceptors (Lipinski definition) is 4. The number of amides is 2. The molecule has 2 aliphatic heterocycles. The van der Waals surface area contributed by atoms with E-state index in [4.69, 9.17) is 4.74 Å². The van der Waals surface area contributed by atoms with Gasteiger partial charge in [-0.05, 0) is 32.1 Å². The SMILES string of the molecule is COC1(CC(=O)NC2CC3(CN(C(=O)C4CCC4)C3)n3ccnc32)CCC1. The molecule has 1 aromatic rings. The van der Waals surface area contributed by atoms with Gasteiger partial charge in [0.1, 0.15) is 5.82 Å². The minimum absolute atomic E-state index is 0.0369. The maximum absolute atomic E-state index is 12.6. The first-order valence-corrected chi connectivity index (χ1v) is 10.2. The topological polar surface area (TPSA) is 76.5 Å². The van der Waals surface area contributed by atoms with Gasteiger partial charge < -0.3 is 19.5 Å². The molecule has 1 N–H and O–H groups in total. The van der Waals surface area contributed by atoms with E-state index in [1.54, 1.807) is 13.3 Å². The molecule has 1 spiro atoms. The van der Waals surface area contributed by atoms with Crippen LogP contribution in [0.1, 0.15) is 63.2 Å². The minimum atomic E-state index is -0.266. The summed E-state index contributed by atoms with van der Waals surface area (Å²) in [4.78, 5) is 31.6. The fourth-order valence-electron chi connectivity index (χ4n) is 5.24. The summed E-state index contributed by atoms with van der Waals surface area (Å²) in [5.41, 5.74) is -0.364. The normalized spacial score (nSPS) is 27.4. The van der Waals surface area contributed by atoms with Crippen molar-refractivity contribution in [3.63, 3.8) is 0 Å². The fourth-order valence-corrected chi connectivity index (χ4v) is 5.24. The maximum atomic E-state index is 12.6. The van der Waals surface area contributed by atoms with Crippen LogP contribution in [-0.2, 0) is 19.9 Å². The Morgan fingerprint density at radius 2 is 2.07 bits per heavy atom. The van der Waals surface area contributed by atoms with Gasteiger partial charge in [-0.1, -0.05) is 6.42 Å². The van der Waals surface area contributed by atoms with E-state index in [2.05, 4.69) is 14.9 Å². The van der Waals surface area contributed by atoms with Crippen molar-refractivity contribution in [1.82, 2.24) is 19.8 Å². The van der Waals surface area contributed by atoms with Crippen molar-refractivity contribution >= 4 is 11.8 Å². The van der Waals surface area contributed by atoms with Crippen LogP contribution >= 0.6 is 0 Å². The van der Waals surface area contributed by atoms with Crippen molar-refractivity contribution in [3.8, 4) is 0 Å². The molecule has 1 aromatic heterocycles. The second kappa shape index (κ2) is 6.06. The lowest BCUT2D eigenvalue weighted by Crippen LogP contribution is -2.64. The third-order valence-corrected chi connectivity index (χ3v) is 7.33. The zero-order valence-corrected chi connectivity index (χ0v) is 15.9. The molecule has 3 heterocycles. The first-order valence-electron chi connectivity index (χ1n) is 10.2. The summed E-state index contributed by atoms with van der Waals surface area (Å²) >= 11 is 0. The van der Waals surface area contributed by atoms with Gasteiger partial charge in [0.15, 0.2) is 0 Å². The number of likely N-dealkylation sites (tertiary alicyclic amines) is 1. The Hall–Kier alpha value is -1.89. The van der Waals surface area contributed by atoms with Gasteiger partial charge >= 0.3 is 0 Å². The quantitative estimate of drug-likeness (QED) is 0.854. The van der Waals surface area contributed by atoms with Crippen LogP contribution in [0.5, 0.6) is 0 Å². The van der Waals surface area contributed by atoms with E-state index in [1.165, 1.54) is 6.42 Å². The van der Waals surface area contributed by atoms with Crippen LogP contribution < -0.4 is 5.32 Å². The monoisotopic (exact) mass is 372 g/mol. The summed E-state index contributed by atoms with van der Waals surface area (Å²) in [6.07, 6.45) is 11.3. The average Bonchev–Trinajstić information content (AvgIpc) is 3.10. The molecule has 0 bridgehead atoms. The van der Waals surface area contributed by atoms with E-state index in [-0.39, 0.29) is 29.0 Å². The van der Waals surface area contributed by atoms with E-state index in [1.807, 2.05) is 11.1 Å². The highest BCUT2D eigenvalue weighted by Crippen LogP contribution is 2.46. The number of hydrogen-bond donors (Lipinski definition) is 1. The standard InChI is InChI=1S/C20H28N4O3/c1-27-20(6-3-7-20)11-16(25)22-15-10-19(24-9-8-21-17(15)24)12-23(13-19)18(26)14-4-2-5-14/h8-9,14-15H,2-7,10-13H2,1H3,(H,22,25). The molecule has 5 rings (SSSR count). The summed E-state index contributed by atoms with van der Waals surface area (Å²) in [6, 6.07) is -0.0811. The molecule has 7 nitrogen and oxygen atoms in total. The van der Waals surface area contributed by atoms with E-state index in [0.717, 1.165) is 57.4 Å². The number of methoxy groups -OCH3 is 1. The molecule has 2 aliphatic carbocycles. The molecule has 27 heavy (non-hydrogen) atoms. The molecule has 2 amide bonds. The predicted octanol–water partition coefficient (Wildman–Crippen LogP) is 1.74. The van der Waals surface area contributed by atoms with Gasteiger partial charge in [0.2, 0.25) is 11.8 Å². The molecule has 1 saturated heterocycles. The molecule has 4 aliphatic rings. The van der Waals surface area contributed by atoms with E-state index in [0.29, 0.717) is 12.3 Å². The van der Waals surface area contributed by atoms with Gasteiger partial charge in [-0.25, -0.2) is 4.98 Å². The highest BCUT2D eigenvalue weighted by atomic mass is 16.5. The molecule has 0 aromatic carbocycles. The third-order valence-electron chi connectivity index (χ3n) is 7.33. The molecular formula is C20H28N4O3. The minimum Gasteiger partial charge on any atom is -0.378 e. The Bertz CT molecular complexity index is 754. The molecule has 1 atom stereocenters. The molecule has 7 heteroatoms. The molecule has 2 saturated carbocycles. The lowest BCUT2D eigenvalue weighted by atomic mass is 9.77. The lowest BCUT2D eigenvalue weighted by molar-refractivity contribution is -0.149. The zero-order valence-electron chi connectivity index (χ0n) is 15.9. The number of nitrogens with zero attached hydrogens (tertiary/aromatic N) is 3. The van der Waals surface area contributed by atoms with Gasteiger partial charge in [-0.15, -0.1) is 0 Å². The van der Waals surface area contributed by atoms with E-state index < -0.39 is 0 Å². The second-order valence-electron chi connectivity index (χ2n) is 8.94. The van der Waals surface area contributed by atoms with Crippen molar-refractivity contribution in [2.45, 2.75) is 68.5 Å². The highest BCUT2D eigenvalue weighted by molar-refractivity contribution is 5.81. The molecule has 3 fully saturated rings. The predicted molar refractivity (Wildman–Crippen MR) is 97.8 cm³/mol. The summed E-state index contributed by atoms with van der Waals surface area (Å²) < 4.78 is 7.78. The fraction of sp³-hybridized carbons (Fsp3) is 0.750. The smallest absolute Gasteiger partial charge is 0.225 e. The van der Waals surface area contributed by atoms with Crippen LogP contribution in [0.15, 0.2) is 12.4 Å².